The van der Waals surface area contributed by atoms with E-state index in [1.165, 1.54) is 0 Å². The number of rotatable bonds is 4. The fourth-order valence-corrected chi connectivity index (χ4v) is 1.50. The van der Waals surface area contributed by atoms with E-state index in [2.05, 4.69) is 10.4 Å². The van der Waals surface area contributed by atoms with Crippen LogP contribution in [0.3, 0.4) is 0 Å². The van der Waals surface area contributed by atoms with Crippen LogP contribution >= 0.6 is 0 Å². The van der Waals surface area contributed by atoms with Gasteiger partial charge in [0.2, 0.25) is 0 Å². The summed E-state index contributed by atoms with van der Waals surface area (Å²) in [6, 6.07) is 11.5. The Balaban J connectivity index is 1.91. The highest BCUT2D eigenvalue weighted by atomic mass is 16.3. The van der Waals surface area contributed by atoms with Crippen molar-refractivity contribution >= 4 is 5.82 Å². The largest absolute Gasteiger partial charge is 0.387 e. The number of aromatic nitrogens is 2. The lowest BCUT2D eigenvalue weighted by atomic mass is 10.1. The molecule has 0 aliphatic rings. The van der Waals surface area contributed by atoms with Crippen LogP contribution in [0, 0.1) is 0 Å². The van der Waals surface area contributed by atoms with Gasteiger partial charge < -0.3 is 10.4 Å². The first-order valence-corrected chi connectivity index (χ1v) is 5.22. The minimum absolute atomic E-state index is 0.459. The Morgan fingerprint density at radius 2 is 2.06 bits per heavy atom. The van der Waals surface area contributed by atoms with Gasteiger partial charge in [-0.3, -0.25) is 4.68 Å². The molecule has 0 unspecified atom stereocenters. The zero-order chi connectivity index (χ0) is 11.4. The van der Waals surface area contributed by atoms with Crippen molar-refractivity contribution in [3.63, 3.8) is 0 Å². The molecule has 0 saturated carbocycles. The standard InChI is InChI=1S/C12H15N3O/c1-15-8-7-12(14-15)13-9-11(16)10-5-3-2-4-6-10/h2-8,11,16H,9H2,1H3,(H,13,14)/t11-/m1/s1. The Bertz CT molecular complexity index is 439. The molecule has 1 heterocycles. The molecule has 0 radical (unpaired) electrons. The van der Waals surface area contributed by atoms with Crippen LogP contribution in [0.4, 0.5) is 5.82 Å². The first-order valence-electron chi connectivity index (χ1n) is 5.22. The number of hydrogen-bond acceptors (Lipinski definition) is 3. The van der Waals surface area contributed by atoms with E-state index >= 15 is 0 Å². The van der Waals surface area contributed by atoms with Crippen LogP contribution in [0.25, 0.3) is 0 Å². The van der Waals surface area contributed by atoms with Gasteiger partial charge in [-0.25, -0.2) is 0 Å². The summed E-state index contributed by atoms with van der Waals surface area (Å²) in [4.78, 5) is 0. The number of aryl methyl sites for hydroxylation is 1. The molecular weight excluding hydrogens is 202 g/mol. The molecule has 0 spiro atoms. The second kappa shape index (κ2) is 4.81. The Hall–Kier alpha value is -1.81. The minimum Gasteiger partial charge on any atom is -0.387 e. The average molecular weight is 217 g/mol. The van der Waals surface area contributed by atoms with Gasteiger partial charge in [0.25, 0.3) is 0 Å². The zero-order valence-corrected chi connectivity index (χ0v) is 9.17. The van der Waals surface area contributed by atoms with E-state index in [0.29, 0.717) is 6.54 Å². The van der Waals surface area contributed by atoms with Gasteiger partial charge in [0, 0.05) is 25.9 Å². The maximum absolute atomic E-state index is 9.89. The summed E-state index contributed by atoms with van der Waals surface area (Å²) in [6.07, 6.45) is 1.35. The quantitative estimate of drug-likeness (QED) is 0.817. The van der Waals surface area contributed by atoms with Gasteiger partial charge in [-0.1, -0.05) is 30.3 Å². The molecule has 1 aromatic carbocycles. The number of hydrogen-bond donors (Lipinski definition) is 2. The number of benzene rings is 1. The van der Waals surface area contributed by atoms with Crippen molar-refractivity contribution in [1.29, 1.82) is 0 Å². The first kappa shape index (κ1) is 10.7. The number of aliphatic hydroxyl groups is 1. The van der Waals surface area contributed by atoms with Crippen LogP contribution in [0.1, 0.15) is 11.7 Å². The van der Waals surface area contributed by atoms with Crippen LogP contribution in [-0.4, -0.2) is 21.4 Å². The molecule has 1 aromatic heterocycles. The molecule has 2 aromatic rings. The van der Waals surface area contributed by atoms with Crippen molar-refractivity contribution in [2.75, 3.05) is 11.9 Å². The molecule has 0 fully saturated rings. The Labute approximate surface area is 94.5 Å². The molecule has 0 saturated heterocycles. The van der Waals surface area contributed by atoms with Crippen LogP contribution in [0.5, 0.6) is 0 Å². The number of nitrogens with zero attached hydrogens (tertiary/aromatic N) is 2. The predicted octanol–water partition coefficient (Wildman–Crippen LogP) is 1.57. The van der Waals surface area contributed by atoms with E-state index in [1.807, 2.05) is 49.6 Å². The van der Waals surface area contributed by atoms with Crippen molar-refractivity contribution < 1.29 is 5.11 Å². The van der Waals surface area contributed by atoms with Gasteiger partial charge in [0.1, 0.15) is 5.82 Å². The molecule has 1 atom stereocenters. The fourth-order valence-electron chi connectivity index (χ4n) is 1.50. The van der Waals surface area contributed by atoms with E-state index in [1.54, 1.807) is 4.68 Å². The summed E-state index contributed by atoms with van der Waals surface area (Å²) in [5.74, 6) is 0.775. The summed E-state index contributed by atoms with van der Waals surface area (Å²) >= 11 is 0. The van der Waals surface area contributed by atoms with Gasteiger partial charge in [0.15, 0.2) is 0 Å². The second-order valence-electron chi connectivity index (χ2n) is 3.68. The van der Waals surface area contributed by atoms with Gasteiger partial charge in [-0.2, -0.15) is 5.10 Å². The Morgan fingerprint density at radius 1 is 1.31 bits per heavy atom. The van der Waals surface area contributed by atoms with E-state index in [-0.39, 0.29) is 0 Å². The third kappa shape index (κ3) is 2.61. The van der Waals surface area contributed by atoms with Gasteiger partial charge in [-0.05, 0) is 5.56 Å². The minimum atomic E-state index is -0.511. The molecular formula is C12H15N3O. The monoisotopic (exact) mass is 217 g/mol. The molecule has 84 valence electrons. The highest BCUT2D eigenvalue weighted by Crippen LogP contribution is 2.12. The molecule has 0 aliphatic carbocycles. The van der Waals surface area contributed by atoms with Crippen LogP contribution in [-0.2, 0) is 7.05 Å². The maximum atomic E-state index is 9.89. The second-order valence-corrected chi connectivity index (χ2v) is 3.68. The van der Waals surface area contributed by atoms with Gasteiger partial charge in [0.05, 0.1) is 6.10 Å². The lowest BCUT2D eigenvalue weighted by molar-refractivity contribution is 0.191. The molecule has 2 N–H and O–H groups in total. The molecule has 16 heavy (non-hydrogen) atoms. The smallest absolute Gasteiger partial charge is 0.148 e. The van der Waals surface area contributed by atoms with E-state index in [9.17, 15) is 5.11 Å². The summed E-state index contributed by atoms with van der Waals surface area (Å²) < 4.78 is 1.72. The molecule has 0 aliphatic heterocycles. The number of aliphatic hydroxyl groups excluding tert-OH is 1. The van der Waals surface area contributed by atoms with Gasteiger partial charge in [-0.15, -0.1) is 0 Å². The Morgan fingerprint density at radius 3 is 2.69 bits per heavy atom. The Kier molecular flexibility index (Phi) is 3.22. The summed E-state index contributed by atoms with van der Waals surface area (Å²) in [6.45, 7) is 0.459. The zero-order valence-electron chi connectivity index (χ0n) is 9.17. The molecule has 0 amide bonds. The first-order chi connectivity index (χ1) is 7.75. The predicted molar refractivity (Wildman–Crippen MR) is 63.1 cm³/mol. The summed E-state index contributed by atoms with van der Waals surface area (Å²) in [5, 5.41) is 17.1. The fraction of sp³-hybridized carbons (Fsp3) is 0.250. The molecule has 0 bridgehead atoms. The van der Waals surface area contributed by atoms with E-state index in [4.69, 9.17) is 0 Å². The highest BCUT2D eigenvalue weighted by Gasteiger charge is 2.06. The third-order valence-electron chi connectivity index (χ3n) is 2.37. The van der Waals surface area contributed by atoms with Crippen molar-refractivity contribution in [3.05, 3.63) is 48.2 Å². The highest BCUT2D eigenvalue weighted by molar-refractivity contribution is 5.33. The lowest BCUT2D eigenvalue weighted by Gasteiger charge is -2.11. The normalized spacial score (nSPS) is 12.4. The summed E-state index contributed by atoms with van der Waals surface area (Å²) in [5.41, 5.74) is 0.908. The molecule has 2 rings (SSSR count). The van der Waals surface area contributed by atoms with Crippen molar-refractivity contribution in [3.8, 4) is 0 Å². The van der Waals surface area contributed by atoms with Crippen molar-refractivity contribution in [2.24, 2.45) is 7.05 Å². The van der Waals surface area contributed by atoms with Crippen LogP contribution in [0.2, 0.25) is 0 Å². The van der Waals surface area contributed by atoms with Gasteiger partial charge >= 0.3 is 0 Å². The number of anilines is 1. The van der Waals surface area contributed by atoms with Crippen LogP contribution in [0.15, 0.2) is 42.6 Å². The van der Waals surface area contributed by atoms with E-state index in [0.717, 1.165) is 11.4 Å². The van der Waals surface area contributed by atoms with Crippen LogP contribution < -0.4 is 5.32 Å². The average Bonchev–Trinajstić information content (AvgIpc) is 2.73. The number of nitrogens with one attached hydrogen (secondary N) is 1. The SMILES string of the molecule is Cn1ccc(NC[C@@H](O)c2ccccc2)n1. The molecule has 4 heteroatoms. The maximum Gasteiger partial charge on any atom is 0.148 e. The molecule has 4 nitrogen and oxygen atoms in total. The summed E-state index contributed by atoms with van der Waals surface area (Å²) in [7, 11) is 1.86. The third-order valence-corrected chi connectivity index (χ3v) is 2.37. The van der Waals surface area contributed by atoms with Crippen molar-refractivity contribution in [1.82, 2.24) is 9.78 Å². The van der Waals surface area contributed by atoms with E-state index < -0.39 is 6.10 Å². The van der Waals surface area contributed by atoms with Crippen molar-refractivity contribution in [2.45, 2.75) is 6.10 Å². The topological polar surface area (TPSA) is 50.1 Å². The lowest BCUT2D eigenvalue weighted by Crippen LogP contribution is -2.12.